The number of nitrogens with zero attached hydrogens (tertiary/aromatic N) is 1. The molecule has 0 aliphatic carbocycles. The number of carbonyl (C=O) groups excluding carboxylic acids is 2. The van der Waals surface area contributed by atoms with Crippen LogP contribution in [0.3, 0.4) is 0 Å². The maximum atomic E-state index is 12.5. The molecule has 0 spiro atoms. The number of methoxy groups -OCH3 is 1. The van der Waals surface area contributed by atoms with Gasteiger partial charge >= 0.3 is 11.9 Å². The second-order valence-corrected chi connectivity index (χ2v) is 6.73. The third-order valence-corrected chi connectivity index (χ3v) is 4.52. The zero-order valence-corrected chi connectivity index (χ0v) is 16.8. The highest BCUT2D eigenvalue weighted by Crippen LogP contribution is 2.35. The Labute approximate surface area is 172 Å². The summed E-state index contributed by atoms with van der Waals surface area (Å²) in [7, 11) is 1.14. The van der Waals surface area contributed by atoms with Crippen molar-refractivity contribution in [2.75, 3.05) is 13.7 Å². The van der Waals surface area contributed by atoms with Gasteiger partial charge in [-0.15, -0.1) is 0 Å². The van der Waals surface area contributed by atoms with Crippen LogP contribution in [0.2, 0.25) is 0 Å². The van der Waals surface area contributed by atoms with Gasteiger partial charge in [-0.2, -0.15) is 0 Å². The average molecular weight is 415 g/mol. The lowest BCUT2D eigenvalue weighted by molar-refractivity contribution is -0.384. The molecule has 2 aromatic carbocycles. The summed E-state index contributed by atoms with van der Waals surface area (Å²) in [6.07, 6.45) is 0.813. The highest BCUT2D eigenvalue weighted by molar-refractivity contribution is 5.96. The highest BCUT2D eigenvalue weighted by Gasteiger charge is 2.23. The van der Waals surface area contributed by atoms with Crippen molar-refractivity contribution in [2.45, 2.75) is 33.0 Å². The average Bonchev–Trinajstić information content (AvgIpc) is 3.09. The number of non-ortho nitro benzene ring substituents is 1. The second kappa shape index (κ2) is 8.81. The molecule has 0 radical (unpaired) electrons. The predicted octanol–water partition coefficient (Wildman–Crippen LogP) is 3.46. The van der Waals surface area contributed by atoms with Gasteiger partial charge in [0.25, 0.3) is 5.69 Å². The van der Waals surface area contributed by atoms with E-state index in [2.05, 4.69) is 4.74 Å². The molecule has 1 aliphatic rings. The largest absolute Gasteiger partial charge is 0.493 e. The van der Waals surface area contributed by atoms with Gasteiger partial charge in [0, 0.05) is 29.7 Å². The number of fused-ring (bicyclic) bond motifs is 1. The lowest BCUT2D eigenvalue weighted by Gasteiger charge is -2.13. The molecule has 0 amide bonds. The molecule has 0 N–H and O–H groups in total. The van der Waals surface area contributed by atoms with Gasteiger partial charge in [-0.25, -0.2) is 9.59 Å². The van der Waals surface area contributed by atoms with Crippen molar-refractivity contribution in [3.63, 3.8) is 0 Å². The van der Waals surface area contributed by atoms with Crippen molar-refractivity contribution in [1.29, 1.82) is 0 Å². The molecule has 1 atom stereocenters. The van der Waals surface area contributed by atoms with Gasteiger partial charge in [0.05, 0.1) is 29.8 Å². The Bertz CT molecular complexity index is 1000. The lowest BCUT2D eigenvalue weighted by atomic mass is 10.1. The van der Waals surface area contributed by atoms with Crippen LogP contribution >= 0.6 is 0 Å². The number of benzene rings is 2. The van der Waals surface area contributed by atoms with Crippen molar-refractivity contribution in [2.24, 2.45) is 0 Å². The van der Waals surface area contributed by atoms with E-state index in [-0.39, 0.29) is 23.8 Å². The maximum absolute atomic E-state index is 12.5. The van der Waals surface area contributed by atoms with E-state index < -0.39 is 22.5 Å². The van der Waals surface area contributed by atoms with Crippen LogP contribution in [0.15, 0.2) is 30.3 Å². The Balaban J connectivity index is 1.84. The third kappa shape index (κ3) is 4.51. The molecular formula is C21H21NO8. The van der Waals surface area contributed by atoms with Crippen LogP contribution in [0.25, 0.3) is 0 Å². The van der Waals surface area contributed by atoms with Crippen LogP contribution < -0.4 is 9.47 Å². The summed E-state index contributed by atoms with van der Waals surface area (Å²) < 4.78 is 21.3. The fraction of sp³-hybridized carbons (Fsp3) is 0.333. The predicted molar refractivity (Wildman–Crippen MR) is 105 cm³/mol. The first-order chi connectivity index (χ1) is 14.3. The number of carbonyl (C=O) groups is 2. The minimum absolute atomic E-state index is 0.0499. The van der Waals surface area contributed by atoms with E-state index in [0.29, 0.717) is 23.7 Å². The molecular weight excluding hydrogens is 394 g/mol. The van der Waals surface area contributed by atoms with Gasteiger partial charge in [-0.1, -0.05) is 0 Å². The van der Waals surface area contributed by atoms with Crippen molar-refractivity contribution >= 4 is 17.6 Å². The third-order valence-electron chi connectivity index (χ3n) is 4.52. The first-order valence-electron chi connectivity index (χ1n) is 9.32. The van der Waals surface area contributed by atoms with Crippen LogP contribution in [-0.4, -0.2) is 36.7 Å². The van der Waals surface area contributed by atoms with E-state index in [1.165, 1.54) is 6.07 Å². The Morgan fingerprint density at radius 1 is 1.17 bits per heavy atom. The zero-order valence-electron chi connectivity index (χ0n) is 16.8. The van der Waals surface area contributed by atoms with Gasteiger partial charge in [0.15, 0.2) is 0 Å². The Kier molecular flexibility index (Phi) is 6.20. The quantitative estimate of drug-likeness (QED) is 0.384. The molecule has 0 fully saturated rings. The number of hydrogen-bond acceptors (Lipinski definition) is 8. The van der Waals surface area contributed by atoms with E-state index in [0.717, 1.165) is 31.2 Å². The summed E-state index contributed by atoms with van der Waals surface area (Å²) in [6.45, 7) is 4.11. The van der Waals surface area contributed by atoms with E-state index in [1.54, 1.807) is 6.07 Å². The maximum Gasteiger partial charge on any atom is 0.338 e. The molecule has 9 heteroatoms. The normalized spacial score (nSPS) is 14.4. The summed E-state index contributed by atoms with van der Waals surface area (Å²) in [4.78, 5) is 34.8. The number of esters is 2. The number of rotatable bonds is 7. The molecule has 0 bridgehead atoms. The summed E-state index contributed by atoms with van der Waals surface area (Å²) in [6, 6.07) is 6.91. The van der Waals surface area contributed by atoms with Crippen LogP contribution in [0, 0.1) is 10.1 Å². The summed E-state index contributed by atoms with van der Waals surface area (Å²) in [5.74, 6) is -0.325. The SMILES string of the molecule is CCOc1cc2c(cc1COC(=O)c1cc(C(=O)OC)cc([N+](=O)[O-])c1)O[C@H](C)C2. The van der Waals surface area contributed by atoms with Crippen molar-refractivity contribution in [3.8, 4) is 11.5 Å². The van der Waals surface area contributed by atoms with Gasteiger partial charge in [-0.3, -0.25) is 10.1 Å². The van der Waals surface area contributed by atoms with Gasteiger partial charge < -0.3 is 18.9 Å². The van der Waals surface area contributed by atoms with Gasteiger partial charge in [0.2, 0.25) is 0 Å². The molecule has 1 aliphatic heterocycles. The van der Waals surface area contributed by atoms with Crippen molar-refractivity contribution in [3.05, 3.63) is 62.7 Å². The monoisotopic (exact) mass is 415 g/mol. The van der Waals surface area contributed by atoms with Crippen LogP contribution in [0.4, 0.5) is 5.69 Å². The number of nitro groups is 1. The summed E-state index contributed by atoms with van der Waals surface area (Å²) >= 11 is 0. The minimum Gasteiger partial charge on any atom is -0.493 e. The number of nitro benzene ring substituents is 1. The summed E-state index contributed by atoms with van der Waals surface area (Å²) in [5, 5.41) is 11.1. The molecule has 1 heterocycles. The minimum atomic E-state index is -0.818. The fourth-order valence-electron chi connectivity index (χ4n) is 3.18. The Morgan fingerprint density at radius 2 is 1.87 bits per heavy atom. The molecule has 0 saturated carbocycles. The van der Waals surface area contributed by atoms with E-state index in [1.807, 2.05) is 19.9 Å². The number of hydrogen-bond donors (Lipinski definition) is 0. The molecule has 0 unspecified atom stereocenters. The van der Waals surface area contributed by atoms with Crippen LogP contribution in [-0.2, 0) is 22.5 Å². The molecule has 0 aromatic heterocycles. The van der Waals surface area contributed by atoms with E-state index in [4.69, 9.17) is 14.2 Å². The van der Waals surface area contributed by atoms with Crippen LogP contribution in [0.1, 0.15) is 45.7 Å². The lowest BCUT2D eigenvalue weighted by Crippen LogP contribution is -2.10. The fourth-order valence-corrected chi connectivity index (χ4v) is 3.18. The standard InChI is InChI=1S/C21H21NO8/c1-4-28-18-9-13-5-12(2)30-19(13)10-16(18)11-29-21(24)15-6-14(20(23)27-3)7-17(8-15)22(25)26/h6-10,12H,4-5,11H2,1-3H3/t12-/m1/s1. The van der Waals surface area contributed by atoms with Crippen LogP contribution in [0.5, 0.6) is 11.5 Å². The first kappa shape index (κ1) is 21.1. The highest BCUT2D eigenvalue weighted by atomic mass is 16.6. The first-order valence-corrected chi connectivity index (χ1v) is 9.32. The smallest absolute Gasteiger partial charge is 0.338 e. The molecule has 30 heavy (non-hydrogen) atoms. The van der Waals surface area contributed by atoms with E-state index >= 15 is 0 Å². The van der Waals surface area contributed by atoms with Gasteiger partial charge in [-0.05, 0) is 32.0 Å². The second-order valence-electron chi connectivity index (χ2n) is 6.73. The summed E-state index contributed by atoms with van der Waals surface area (Å²) in [5.41, 5.74) is 0.959. The van der Waals surface area contributed by atoms with E-state index in [9.17, 15) is 19.7 Å². The number of ether oxygens (including phenoxy) is 4. The Hall–Kier alpha value is -3.62. The zero-order chi connectivity index (χ0) is 21.8. The van der Waals surface area contributed by atoms with Gasteiger partial charge in [0.1, 0.15) is 24.2 Å². The molecule has 9 nitrogen and oxygen atoms in total. The topological polar surface area (TPSA) is 114 Å². The molecule has 3 rings (SSSR count). The molecule has 0 saturated heterocycles. The van der Waals surface area contributed by atoms with Crippen molar-refractivity contribution in [1.82, 2.24) is 0 Å². The molecule has 2 aromatic rings. The molecule has 158 valence electrons. The van der Waals surface area contributed by atoms with Crippen molar-refractivity contribution < 1.29 is 33.5 Å². The Morgan fingerprint density at radius 3 is 2.50 bits per heavy atom.